The zero-order valence-electron chi connectivity index (χ0n) is 17.5. The second-order valence-electron chi connectivity index (χ2n) is 7.85. The highest BCUT2D eigenvalue weighted by molar-refractivity contribution is 5.78. The summed E-state index contributed by atoms with van der Waals surface area (Å²) in [4.78, 5) is 11.5. The Morgan fingerprint density at radius 1 is 0.654 bits per heavy atom. The number of aldehydes is 1. The summed E-state index contributed by atoms with van der Waals surface area (Å²) in [5.74, 6) is 0. The molecular weight excluding hydrogens is 316 g/mol. The fourth-order valence-corrected chi connectivity index (χ4v) is 3.84. The van der Waals surface area contributed by atoms with Crippen molar-refractivity contribution in [1.29, 1.82) is 0 Å². The van der Waals surface area contributed by atoms with Gasteiger partial charge in [0.05, 0.1) is 0 Å². The third-order valence-corrected chi connectivity index (χ3v) is 5.52. The SMILES string of the molecule is CCCCCCCCCc1cccc(C=O)c1CCCCCCCCC. The van der Waals surface area contributed by atoms with Gasteiger partial charge < -0.3 is 0 Å². The highest BCUT2D eigenvalue weighted by atomic mass is 16.1. The van der Waals surface area contributed by atoms with Crippen molar-refractivity contribution in [3.05, 3.63) is 34.9 Å². The molecule has 1 heteroatoms. The largest absolute Gasteiger partial charge is 0.298 e. The molecule has 0 amide bonds. The van der Waals surface area contributed by atoms with Gasteiger partial charge in [0.1, 0.15) is 6.29 Å². The van der Waals surface area contributed by atoms with Gasteiger partial charge in [0.15, 0.2) is 0 Å². The molecule has 0 atom stereocenters. The molecule has 0 unspecified atom stereocenters. The van der Waals surface area contributed by atoms with Gasteiger partial charge in [0, 0.05) is 5.56 Å². The van der Waals surface area contributed by atoms with Crippen molar-refractivity contribution in [3.8, 4) is 0 Å². The molecule has 1 nitrogen and oxygen atoms in total. The molecule has 0 fully saturated rings. The Balaban J connectivity index is 2.37. The van der Waals surface area contributed by atoms with E-state index in [4.69, 9.17) is 0 Å². The number of carbonyl (C=O) groups is 1. The van der Waals surface area contributed by atoms with Crippen LogP contribution in [0.4, 0.5) is 0 Å². The fraction of sp³-hybridized carbons (Fsp3) is 0.720. The second-order valence-corrected chi connectivity index (χ2v) is 7.85. The molecule has 0 aliphatic heterocycles. The maximum absolute atomic E-state index is 11.5. The highest BCUT2D eigenvalue weighted by Crippen LogP contribution is 2.20. The number of hydrogen-bond acceptors (Lipinski definition) is 1. The van der Waals surface area contributed by atoms with Crippen molar-refractivity contribution in [1.82, 2.24) is 0 Å². The molecule has 1 aromatic carbocycles. The Morgan fingerprint density at radius 3 is 1.69 bits per heavy atom. The zero-order valence-corrected chi connectivity index (χ0v) is 17.5. The highest BCUT2D eigenvalue weighted by Gasteiger charge is 2.08. The Hall–Kier alpha value is -1.11. The van der Waals surface area contributed by atoms with Crippen LogP contribution in [0.3, 0.4) is 0 Å². The van der Waals surface area contributed by atoms with Crippen LogP contribution in [0.2, 0.25) is 0 Å². The van der Waals surface area contributed by atoms with Crippen LogP contribution in [0.1, 0.15) is 125 Å². The van der Waals surface area contributed by atoms with E-state index in [1.807, 2.05) is 6.07 Å². The first-order valence-electron chi connectivity index (χ1n) is 11.4. The molecule has 0 N–H and O–H groups in total. The van der Waals surface area contributed by atoms with Gasteiger partial charge in [0.2, 0.25) is 0 Å². The lowest BCUT2D eigenvalue weighted by Crippen LogP contribution is -2.01. The number of benzene rings is 1. The lowest BCUT2D eigenvalue weighted by atomic mass is 9.93. The van der Waals surface area contributed by atoms with E-state index < -0.39 is 0 Å². The quantitative estimate of drug-likeness (QED) is 0.203. The van der Waals surface area contributed by atoms with Crippen molar-refractivity contribution in [3.63, 3.8) is 0 Å². The van der Waals surface area contributed by atoms with Gasteiger partial charge in [-0.25, -0.2) is 0 Å². The molecule has 0 heterocycles. The minimum atomic E-state index is 0.927. The first-order chi connectivity index (χ1) is 12.8. The molecule has 0 spiro atoms. The third kappa shape index (κ3) is 10.1. The van der Waals surface area contributed by atoms with Crippen LogP contribution in [-0.2, 0) is 12.8 Å². The van der Waals surface area contributed by atoms with Crippen LogP contribution in [0, 0.1) is 0 Å². The molecule has 0 saturated carbocycles. The lowest BCUT2D eigenvalue weighted by molar-refractivity contribution is 0.112. The Bertz CT molecular complexity index is 463. The summed E-state index contributed by atoms with van der Waals surface area (Å²) in [5, 5.41) is 0. The maximum Gasteiger partial charge on any atom is 0.150 e. The number of carbonyl (C=O) groups excluding carboxylic acids is 1. The number of unbranched alkanes of at least 4 members (excludes halogenated alkanes) is 12. The summed E-state index contributed by atoms with van der Waals surface area (Å²) < 4.78 is 0. The van der Waals surface area contributed by atoms with Crippen LogP contribution < -0.4 is 0 Å². The molecule has 0 saturated heterocycles. The summed E-state index contributed by atoms with van der Waals surface area (Å²) in [6, 6.07) is 6.31. The minimum Gasteiger partial charge on any atom is -0.298 e. The molecule has 148 valence electrons. The van der Waals surface area contributed by atoms with E-state index in [0.29, 0.717) is 0 Å². The first-order valence-corrected chi connectivity index (χ1v) is 11.4. The van der Waals surface area contributed by atoms with Gasteiger partial charge in [-0.15, -0.1) is 0 Å². The summed E-state index contributed by atoms with van der Waals surface area (Å²) in [6.45, 7) is 4.54. The molecule has 0 bridgehead atoms. The Morgan fingerprint density at radius 2 is 1.15 bits per heavy atom. The van der Waals surface area contributed by atoms with Crippen molar-refractivity contribution < 1.29 is 4.79 Å². The van der Waals surface area contributed by atoms with E-state index in [-0.39, 0.29) is 0 Å². The van der Waals surface area contributed by atoms with Crippen molar-refractivity contribution in [2.45, 2.75) is 117 Å². The predicted octanol–water partition coefficient (Wildman–Crippen LogP) is 8.09. The molecule has 1 aromatic rings. The molecule has 0 aliphatic rings. The molecule has 0 aromatic heterocycles. The van der Waals surface area contributed by atoms with Gasteiger partial charge in [-0.05, 0) is 36.8 Å². The van der Waals surface area contributed by atoms with Gasteiger partial charge in [-0.3, -0.25) is 4.79 Å². The number of aryl methyl sites for hydroxylation is 1. The summed E-state index contributed by atoms with van der Waals surface area (Å²) in [5.41, 5.74) is 3.69. The summed E-state index contributed by atoms with van der Waals surface area (Å²) in [7, 11) is 0. The van der Waals surface area contributed by atoms with E-state index in [2.05, 4.69) is 26.0 Å². The van der Waals surface area contributed by atoms with Gasteiger partial charge in [-0.2, -0.15) is 0 Å². The maximum atomic E-state index is 11.5. The fourth-order valence-electron chi connectivity index (χ4n) is 3.84. The van der Waals surface area contributed by atoms with E-state index in [1.54, 1.807) is 0 Å². The van der Waals surface area contributed by atoms with Crippen molar-refractivity contribution >= 4 is 6.29 Å². The first kappa shape index (κ1) is 22.9. The van der Waals surface area contributed by atoms with Crippen LogP contribution >= 0.6 is 0 Å². The average Bonchev–Trinajstić information content (AvgIpc) is 2.67. The van der Waals surface area contributed by atoms with Crippen molar-refractivity contribution in [2.24, 2.45) is 0 Å². The van der Waals surface area contributed by atoms with Gasteiger partial charge in [-0.1, -0.05) is 109 Å². The standard InChI is InChI=1S/C25H42O/c1-3-5-7-9-11-13-15-18-23-19-17-20-24(22-26)25(23)21-16-14-12-10-8-6-4-2/h17,19-20,22H,3-16,18,21H2,1-2H3. The Kier molecular flexibility index (Phi) is 14.2. The van der Waals surface area contributed by atoms with E-state index in [1.165, 1.54) is 101 Å². The lowest BCUT2D eigenvalue weighted by Gasteiger charge is -2.12. The van der Waals surface area contributed by atoms with Crippen LogP contribution in [-0.4, -0.2) is 6.29 Å². The Labute approximate surface area is 163 Å². The van der Waals surface area contributed by atoms with E-state index in [0.717, 1.165) is 24.7 Å². The van der Waals surface area contributed by atoms with E-state index >= 15 is 0 Å². The smallest absolute Gasteiger partial charge is 0.150 e. The van der Waals surface area contributed by atoms with Crippen LogP contribution in [0.15, 0.2) is 18.2 Å². The third-order valence-electron chi connectivity index (χ3n) is 5.52. The molecule has 26 heavy (non-hydrogen) atoms. The normalized spacial score (nSPS) is 11.0. The summed E-state index contributed by atoms with van der Waals surface area (Å²) in [6.07, 6.45) is 22.0. The monoisotopic (exact) mass is 358 g/mol. The minimum absolute atomic E-state index is 0.927. The number of hydrogen-bond donors (Lipinski definition) is 0. The van der Waals surface area contributed by atoms with Crippen molar-refractivity contribution in [2.75, 3.05) is 0 Å². The summed E-state index contributed by atoms with van der Waals surface area (Å²) >= 11 is 0. The van der Waals surface area contributed by atoms with Gasteiger partial charge in [0.25, 0.3) is 0 Å². The van der Waals surface area contributed by atoms with Gasteiger partial charge >= 0.3 is 0 Å². The topological polar surface area (TPSA) is 17.1 Å². The molecule has 0 radical (unpaired) electrons. The average molecular weight is 359 g/mol. The zero-order chi connectivity index (χ0) is 18.9. The molecule has 0 aliphatic carbocycles. The molecule has 1 rings (SSSR count). The number of rotatable bonds is 17. The molecular formula is C25H42O. The predicted molar refractivity (Wildman–Crippen MR) is 115 cm³/mol. The van der Waals surface area contributed by atoms with Crippen LogP contribution in [0.25, 0.3) is 0 Å². The van der Waals surface area contributed by atoms with Crippen LogP contribution in [0.5, 0.6) is 0 Å². The van der Waals surface area contributed by atoms with E-state index in [9.17, 15) is 4.79 Å². The second kappa shape index (κ2) is 16.1.